The molecule has 7 nitrogen and oxygen atoms in total. The summed E-state index contributed by atoms with van der Waals surface area (Å²) in [5.41, 5.74) is 2.35. The molecule has 1 N–H and O–H groups in total. The van der Waals surface area contributed by atoms with Crippen molar-refractivity contribution in [2.45, 2.75) is 0 Å². The van der Waals surface area contributed by atoms with Gasteiger partial charge in [0.15, 0.2) is 5.01 Å². The van der Waals surface area contributed by atoms with Crippen molar-refractivity contribution in [3.63, 3.8) is 0 Å². The van der Waals surface area contributed by atoms with Crippen molar-refractivity contribution in [3.05, 3.63) is 41.7 Å². The zero-order chi connectivity index (χ0) is 14.9. The van der Waals surface area contributed by atoms with Crippen LogP contribution in [0.1, 0.15) is 10.6 Å². The third-order valence-electron chi connectivity index (χ3n) is 2.88. The van der Waals surface area contributed by atoms with Gasteiger partial charge in [-0.25, -0.2) is 0 Å². The minimum atomic E-state index is -0.402. The highest BCUT2D eigenvalue weighted by atomic mass is 32.1. The third-order valence-corrected chi connectivity index (χ3v) is 4.66. The number of nitrogens with one attached hydrogen (secondary N) is 1. The van der Waals surface area contributed by atoms with Crippen LogP contribution < -0.4 is 5.32 Å². The molecule has 0 aliphatic rings. The number of benzene rings is 1. The van der Waals surface area contributed by atoms with Crippen LogP contribution in [-0.2, 0) is 0 Å². The van der Waals surface area contributed by atoms with Crippen LogP contribution in [0.5, 0.6) is 0 Å². The number of rotatable bonds is 3. The zero-order valence-electron chi connectivity index (χ0n) is 10.9. The average molecular weight is 329 g/mol. The van der Waals surface area contributed by atoms with E-state index in [1.165, 1.54) is 22.7 Å². The second-order valence-corrected chi connectivity index (χ2v) is 6.12. The van der Waals surface area contributed by atoms with Crippen molar-refractivity contribution >= 4 is 44.6 Å². The third kappa shape index (κ3) is 2.26. The van der Waals surface area contributed by atoms with Gasteiger partial charge in [-0.3, -0.25) is 15.1 Å². The molecule has 9 heteroatoms. The van der Waals surface area contributed by atoms with E-state index in [2.05, 4.69) is 25.7 Å². The molecule has 4 aromatic rings. The molecule has 0 fully saturated rings. The van der Waals surface area contributed by atoms with Gasteiger partial charge in [0.05, 0.1) is 15.8 Å². The van der Waals surface area contributed by atoms with E-state index in [9.17, 15) is 4.79 Å². The van der Waals surface area contributed by atoms with Crippen LogP contribution in [0.25, 0.3) is 20.8 Å². The lowest BCUT2D eigenvalue weighted by atomic mass is 10.2. The van der Waals surface area contributed by atoms with Crippen molar-refractivity contribution in [2.24, 2.45) is 0 Å². The molecule has 0 unspecified atom stereocenters. The molecule has 0 radical (unpaired) electrons. The molecular weight excluding hydrogens is 322 g/mol. The molecule has 0 saturated carbocycles. The Hall–Kier alpha value is -2.65. The number of carbonyl (C=O) groups excluding carboxylic acids is 1. The Morgan fingerprint density at radius 3 is 3.00 bits per heavy atom. The van der Waals surface area contributed by atoms with E-state index in [0.717, 1.165) is 4.88 Å². The van der Waals surface area contributed by atoms with Gasteiger partial charge in [-0.15, -0.1) is 21.5 Å². The minimum Gasteiger partial charge on any atom is -0.350 e. The van der Waals surface area contributed by atoms with Crippen LogP contribution in [0.4, 0.5) is 5.13 Å². The number of fused-ring (bicyclic) bond motifs is 1. The Morgan fingerprint density at radius 2 is 2.14 bits per heavy atom. The standard InChI is InChI=1S/C13H7N5O2S2/c19-11(10-7-3-1-2-4-8(7)18-20-10)15-13-17-16-12(22-13)9-5-14-6-21-9/h1-6H,(H,15,17,19). The van der Waals surface area contributed by atoms with E-state index >= 15 is 0 Å². The van der Waals surface area contributed by atoms with E-state index in [1.807, 2.05) is 12.1 Å². The summed E-state index contributed by atoms with van der Waals surface area (Å²) in [6.45, 7) is 0. The van der Waals surface area contributed by atoms with Gasteiger partial charge < -0.3 is 4.52 Å². The smallest absolute Gasteiger partial charge is 0.296 e. The first-order valence-electron chi connectivity index (χ1n) is 6.19. The molecule has 0 spiro atoms. The quantitative estimate of drug-likeness (QED) is 0.621. The molecule has 0 bridgehead atoms. The van der Waals surface area contributed by atoms with E-state index < -0.39 is 5.91 Å². The SMILES string of the molecule is O=C(Nc1nnc(-c2cncs2)s1)c1onc2ccccc12. The van der Waals surface area contributed by atoms with Crippen molar-refractivity contribution in [1.82, 2.24) is 20.3 Å². The second-order valence-electron chi connectivity index (χ2n) is 4.26. The number of anilines is 1. The highest BCUT2D eigenvalue weighted by Gasteiger charge is 2.18. The predicted octanol–water partition coefficient (Wildman–Crippen LogP) is 3.06. The summed E-state index contributed by atoms with van der Waals surface area (Å²) in [6.07, 6.45) is 1.71. The zero-order valence-corrected chi connectivity index (χ0v) is 12.5. The normalized spacial score (nSPS) is 10.9. The van der Waals surface area contributed by atoms with Crippen LogP contribution in [0.2, 0.25) is 0 Å². The van der Waals surface area contributed by atoms with E-state index in [4.69, 9.17) is 4.52 Å². The van der Waals surface area contributed by atoms with Gasteiger partial charge in [-0.1, -0.05) is 28.6 Å². The van der Waals surface area contributed by atoms with E-state index in [-0.39, 0.29) is 5.76 Å². The Kier molecular flexibility index (Phi) is 3.13. The van der Waals surface area contributed by atoms with Crippen LogP contribution in [0, 0.1) is 0 Å². The first-order valence-corrected chi connectivity index (χ1v) is 7.89. The molecule has 0 aliphatic carbocycles. The summed E-state index contributed by atoms with van der Waals surface area (Å²) >= 11 is 2.74. The summed E-state index contributed by atoms with van der Waals surface area (Å²) in [7, 11) is 0. The number of carbonyl (C=O) groups is 1. The van der Waals surface area contributed by atoms with Crippen LogP contribution in [0.3, 0.4) is 0 Å². The Balaban J connectivity index is 1.60. The molecule has 0 saturated heterocycles. The van der Waals surface area contributed by atoms with Crippen molar-refractivity contribution in [2.75, 3.05) is 5.32 Å². The Morgan fingerprint density at radius 1 is 1.23 bits per heavy atom. The largest absolute Gasteiger partial charge is 0.350 e. The van der Waals surface area contributed by atoms with Gasteiger partial charge in [0.1, 0.15) is 5.52 Å². The summed E-state index contributed by atoms with van der Waals surface area (Å²) in [4.78, 5) is 17.2. The number of hydrogen-bond acceptors (Lipinski definition) is 8. The summed E-state index contributed by atoms with van der Waals surface area (Å²) in [5, 5.41) is 16.3. The summed E-state index contributed by atoms with van der Waals surface area (Å²) < 4.78 is 5.11. The minimum absolute atomic E-state index is 0.158. The molecule has 0 atom stereocenters. The monoisotopic (exact) mass is 329 g/mol. The maximum Gasteiger partial charge on any atom is 0.296 e. The van der Waals surface area contributed by atoms with Gasteiger partial charge in [0.2, 0.25) is 10.9 Å². The second kappa shape index (κ2) is 5.28. The highest BCUT2D eigenvalue weighted by molar-refractivity contribution is 7.22. The lowest BCUT2D eigenvalue weighted by Crippen LogP contribution is -2.11. The van der Waals surface area contributed by atoms with E-state index in [0.29, 0.717) is 21.0 Å². The van der Waals surface area contributed by atoms with Gasteiger partial charge in [-0.05, 0) is 12.1 Å². The van der Waals surface area contributed by atoms with Crippen molar-refractivity contribution in [3.8, 4) is 9.88 Å². The molecule has 0 aliphatic heterocycles. The number of nitrogens with zero attached hydrogens (tertiary/aromatic N) is 4. The van der Waals surface area contributed by atoms with Gasteiger partial charge in [-0.2, -0.15) is 0 Å². The molecular formula is C13H7N5O2S2. The Bertz CT molecular complexity index is 944. The fourth-order valence-corrected chi connectivity index (χ4v) is 3.31. The van der Waals surface area contributed by atoms with Gasteiger partial charge in [0, 0.05) is 6.20 Å². The van der Waals surface area contributed by atoms with Crippen LogP contribution in [0.15, 0.2) is 40.5 Å². The number of hydrogen-bond donors (Lipinski definition) is 1. The lowest BCUT2D eigenvalue weighted by molar-refractivity contribution is 0.0990. The molecule has 1 aromatic carbocycles. The molecule has 108 valence electrons. The average Bonchev–Trinajstić information content (AvgIpc) is 3.27. The summed E-state index contributed by atoms with van der Waals surface area (Å²) in [5.74, 6) is -0.245. The Labute approximate surface area is 131 Å². The molecule has 3 aromatic heterocycles. The highest BCUT2D eigenvalue weighted by Crippen LogP contribution is 2.29. The fraction of sp³-hybridized carbons (Fsp3) is 0. The molecule has 1 amide bonds. The topological polar surface area (TPSA) is 93.8 Å². The molecule has 4 rings (SSSR count). The van der Waals surface area contributed by atoms with Crippen LogP contribution >= 0.6 is 22.7 Å². The number of thiazole rings is 1. The lowest BCUT2D eigenvalue weighted by Gasteiger charge is -1.96. The van der Waals surface area contributed by atoms with Gasteiger partial charge in [0.25, 0.3) is 5.91 Å². The first kappa shape index (κ1) is 13.0. The maximum atomic E-state index is 12.3. The fourth-order valence-electron chi connectivity index (χ4n) is 1.90. The van der Waals surface area contributed by atoms with Crippen LogP contribution in [-0.4, -0.2) is 26.2 Å². The number of amides is 1. The predicted molar refractivity (Wildman–Crippen MR) is 83.0 cm³/mol. The van der Waals surface area contributed by atoms with Crippen molar-refractivity contribution < 1.29 is 9.32 Å². The molecule has 22 heavy (non-hydrogen) atoms. The van der Waals surface area contributed by atoms with Gasteiger partial charge >= 0.3 is 0 Å². The molecule has 3 heterocycles. The van der Waals surface area contributed by atoms with Crippen molar-refractivity contribution in [1.29, 1.82) is 0 Å². The number of aromatic nitrogens is 4. The summed E-state index contributed by atoms with van der Waals surface area (Å²) in [6, 6.07) is 7.22. The first-order chi connectivity index (χ1) is 10.8. The van der Waals surface area contributed by atoms with E-state index in [1.54, 1.807) is 23.8 Å². The maximum absolute atomic E-state index is 12.3.